The zero-order valence-electron chi connectivity index (χ0n) is 10.7. The third-order valence-corrected chi connectivity index (χ3v) is 2.99. The van der Waals surface area contributed by atoms with Crippen LogP contribution in [0, 0.1) is 0 Å². The van der Waals surface area contributed by atoms with Crippen molar-refractivity contribution in [2.45, 2.75) is 12.8 Å². The molecule has 0 aliphatic rings. The lowest BCUT2D eigenvalue weighted by molar-refractivity contribution is 0.0171. The Morgan fingerprint density at radius 1 is 1.05 bits per heavy atom. The van der Waals surface area contributed by atoms with Crippen LogP contribution >= 0.6 is 0 Å². The Labute approximate surface area is 114 Å². The number of hydrogen-bond acceptors (Lipinski definition) is 3. The lowest BCUT2D eigenvalue weighted by Gasteiger charge is -2.10. The molecule has 0 saturated heterocycles. The molecule has 0 atom stereocenters. The predicted molar refractivity (Wildman–Crippen MR) is 72.3 cm³/mol. The van der Waals surface area contributed by atoms with Gasteiger partial charge in [0, 0.05) is 42.0 Å². The standard InChI is InChI=1S/C15H11F2N3/c1-15(16,17)12-6-11(7-18-9-12)14-19-8-10-4-2-3-5-13(10)20-14/h2-9H,1H3. The molecule has 0 bridgehead atoms. The molecule has 20 heavy (non-hydrogen) atoms. The highest BCUT2D eigenvalue weighted by Crippen LogP contribution is 2.28. The number of fused-ring (bicyclic) bond motifs is 1. The summed E-state index contributed by atoms with van der Waals surface area (Å²) < 4.78 is 26.6. The molecule has 0 N–H and O–H groups in total. The van der Waals surface area contributed by atoms with Gasteiger partial charge in [0.15, 0.2) is 5.82 Å². The maximum Gasteiger partial charge on any atom is 0.272 e. The van der Waals surface area contributed by atoms with Crippen molar-refractivity contribution in [1.82, 2.24) is 15.0 Å². The van der Waals surface area contributed by atoms with Gasteiger partial charge in [0.05, 0.1) is 5.52 Å². The highest BCUT2D eigenvalue weighted by molar-refractivity contribution is 5.79. The van der Waals surface area contributed by atoms with Crippen LogP contribution in [0.3, 0.4) is 0 Å². The fourth-order valence-corrected chi connectivity index (χ4v) is 1.91. The quantitative estimate of drug-likeness (QED) is 0.711. The van der Waals surface area contributed by atoms with Crippen molar-refractivity contribution < 1.29 is 8.78 Å². The summed E-state index contributed by atoms with van der Waals surface area (Å²) in [5.41, 5.74) is 1.10. The lowest BCUT2D eigenvalue weighted by atomic mass is 10.1. The fraction of sp³-hybridized carbons (Fsp3) is 0.133. The summed E-state index contributed by atoms with van der Waals surface area (Å²) in [7, 11) is 0. The van der Waals surface area contributed by atoms with Crippen LogP contribution in [0.15, 0.2) is 48.9 Å². The minimum absolute atomic E-state index is 0.147. The van der Waals surface area contributed by atoms with Gasteiger partial charge in [0.25, 0.3) is 5.92 Å². The Kier molecular flexibility index (Phi) is 2.89. The molecule has 1 aromatic carbocycles. The van der Waals surface area contributed by atoms with E-state index in [0.29, 0.717) is 11.4 Å². The number of benzene rings is 1. The summed E-state index contributed by atoms with van der Waals surface area (Å²) >= 11 is 0. The summed E-state index contributed by atoms with van der Waals surface area (Å²) in [6, 6.07) is 8.89. The molecule has 0 unspecified atom stereocenters. The molecule has 0 saturated carbocycles. The predicted octanol–water partition coefficient (Wildman–Crippen LogP) is 3.80. The lowest BCUT2D eigenvalue weighted by Crippen LogP contribution is -2.07. The van der Waals surface area contributed by atoms with E-state index >= 15 is 0 Å². The van der Waals surface area contributed by atoms with Gasteiger partial charge in [-0.3, -0.25) is 4.98 Å². The van der Waals surface area contributed by atoms with E-state index in [4.69, 9.17) is 0 Å². The second kappa shape index (κ2) is 4.59. The Hall–Kier alpha value is -2.43. The van der Waals surface area contributed by atoms with Crippen molar-refractivity contribution in [1.29, 1.82) is 0 Å². The van der Waals surface area contributed by atoms with Crippen molar-refractivity contribution in [3.63, 3.8) is 0 Å². The Balaban J connectivity index is 2.11. The van der Waals surface area contributed by atoms with Crippen LogP contribution in [0.5, 0.6) is 0 Å². The summed E-state index contributed by atoms with van der Waals surface area (Å²) in [5, 5.41) is 0.904. The smallest absolute Gasteiger partial charge is 0.263 e. The first-order valence-corrected chi connectivity index (χ1v) is 6.09. The maximum atomic E-state index is 13.3. The van der Waals surface area contributed by atoms with Gasteiger partial charge in [-0.15, -0.1) is 0 Å². The topological polar surface area (TPSA) is 38.7 Å². The number of rotatable bonds is 2. The highest BCUT2D eigenvalue weighted by atomic mass is 19.3. The van der Waals surface area contributed by atoms with E-state index in [-0.39, 0.29) is 5.56 Å². The Morgan fingerprint density at radius 2 is 1.85 bits per heavy atom. The first kappa shape index (κ1) is 12.6. The SMILES string of the molecule is CC(F)(F)c1cncc(-c2ncc3ccccc3n2)c1. The van der Waals surface area contributed by atoms with E-state index in [0.717, 1.165) is 24.0 Å². The minimum atomic E-state index is -2.93. The fourth-order valence-electron chi connectivity index (χ4n) is 1.91. The van der Waals surface area contributed by atoms with Crippen LogP contribution in [0.1, 0.15) is 12.5 Å². The van der Waals surface area contributed by atoms with Crippen molar-refractivity contribution in [2.24, 2.45) is 0 Å². The molecule has 0 amide bonds. The zero-order chi connectivity index (χ0) is 14.2. The van der Waals surface area contributed by atoms with Gasteiger partial charge < -0.3 is 0 Å². The Morgan fingerprint density at radius 3 is 2.65 bits per heavy atom. The second-order valence-corrected chi connectivity index (χ2v) is 4.60. The molecular formula is C15H11F2N3. The van der Waals surface area contributed by atoms with Gasteiger partial charge in [-0.25, -0.2) is 18.7 Å². The summed E-state index contributed by atoms with van der Waals surface area (Å²) in [5.74, 6) is -2.54. The van der Waals surface area contributed by atoms with Crippen LogP contribution < -0.4 is 0 Å². The molecule has 0 aliphatic heterocycles. The largest absolute Gasteiger partial charge is 0.272 e. The van der Waals surface area contributed by atoms with Crippen LogP contribution in [0.25, 0.3) is 22.3 Å². The molecular weight excluding hydrogens is 260 g/mol. The highest BCUT2D eigenvalue weighted by Gasteiger charge is 2.25. The first-order valence-electron chi connectivity index (χ1n) is 6.09. The van der Waals surface area contributed by atoms with E-state index in [1.54, 1.807) is 6.20 Å². The molecule has 0 aliphatic carbocycles. The van der Waals surface area contributed by atoms with Crippen molar-refractivity contribution in [2.75, 3.05) is 0 Å². The number of pyridine rings is 1. The molecule has 0 spiro atoms. The normalized spacial score (nSPS) is 11.8. The van der Waals surface area contributed by atoms with Crippen LogP contribution in [0.4, 0.5) is 8.78 Å². The van der Waals surface area contributed by atoms with Crippen LogP contribution in [0.2, 0.25) is 0 Å². The van der Waals surface area contributed by atoms with Gasteiger partial charge in [0.1, 0.15) is 0 Å². The molecule has 5 heteroatoms. The number of aromatic nitrogens is 3. The number of halogens is 2. The van der Waals surface area contributed by atoms with Gasteiger partial charge >= 0.3 is 0 Å². The van der Waals surface area contributed by atoms with Gasteiger partial charge in [-0.05, 0) is 12.1 Å². The molecule has 3 rings (SSSR count). The monoisotopic (exact) mass is 271 g/mol. The number of para-hydroxylation sites is 1. The summed E-state index contributed by atoms with van der Waals surface area (Å²) in [4.78, 5) is 12.4. The van der Waals surface area contributed by atoms with E-state index < -0.39 is 5.92 Å². The van der Waals surface area contributed by atoms with Crippen LogP contribution in [-0.4, -0.2) is 15.0 Å². The average molecular weight is 271 g/mol. The second-order valence-electron chi connectivity index (χ2n) is 4.60. The zero-order valence-corrected chi connectivity index (χ0v) is 10.7. The molecule has 0 fully saturated rings. The summed E-state index contributed by atoms with van der Waals surface area (Å²) in [6.45, 7) is 0.842. The number of nitrogens with zero attached hydrogens (tertiary/aromatic N) is 3. The molecule has 100 valence electrons. The first-order chi connectivity index (χ1) is 9.54. The average Bonchev–Trinajstić information content (AvgIpc) is 2.46. The third-order valence-electron chi connectivity index (χ3n) is 2.99. The maximum absolute atomic E-state index is 13.3. The van der Waals surface area contributed by atoms with E-state index in [1.165, 1.54) is 12.3 Å². The molecule has 0 radical (unpaired) electrons. The van der Waals surface area contributed by atoms with Crippen molar-refractivity contribution >= 4 is 10.9 Å². The molecule has 2 aromatic heterocycles. The molecule has 3 aromatic rings. The molecule has 3 nitrogen and oxygen atoms in total. The number of alkyl halides is 2. The van der Waals surface area contributed by atoms with E-state index in [1.807, 2.05) is 24.3 Å². The Bertz CT molecular complexity index is 766. The van der Waals surface area contributed by atoms with Crippen molar-refractivity contribution in [3.8, 4) is 11.4 Å². The van der Waals surface area contributed by atoms with Gasteiger partial charge in [-0.2, -0.15) is 0 Å². The number of hydrogen-bond donors (Lipinski definition) is 0. The van der Waals surface area contributed by atoms with Crippen LogP contribution in [-0.2, 0) is 5.92 Å². The van der Waals surface area contributed by atoms with E-state index in [2.05, 4.69) is 15.0 Å². The van der Waals surface area contributed by atoms with E-state index in [9.17, 15) is 8.78 Å². The van der Waals surface area contributed by atoms with Gasteiger partial charge in [-0.1, -0.05) is 18.2 Å². The minimum Gasteiger partial charge on any atom is -0.263 e. The summed E-state index contributed by atoms with van der Waals surface area (Å²) in [6.07, 6.45) is 4.32. The third kappa shape index (κ3) is 2.34. The van der Waals surface area contributed by atoms with Crippen molar-refractivity contribution in [3.05, 3.63) is 54.5 Å². The molecule has 2 heterocycles. The van der Waals surface area contributed by atoms with Gasteiger partial charge in [0.2, 0.25) is 0 Å².